The highest BCUT2D eigenvalue weighted by Crippen LogP contribution is 2.29. The SMILES string of the molecule is O=C(Nc1cccc(Cl)c1Cl)c1ccc(F)c(F)c1. The van der Waals surface area contributed by atoms with E-state index in [0.717, 1.165) is 12.1 Å². The van der Waals surface area contributed by atoms with Crippen LogP contribution in [0.1, 0.15) is 10.4 Å². The van der Waals surface area contributed by atoms with Gasteiger partial charge in [-0.2, -0.15) is 0 Å². The van der Waals surface area contributed by atoms with Gasteiger partial charge >= 0.3 is 0 Å². The number of carbonyl (C=O) groups is 1. The molecule has 1 N–H and O–H groups in total. The second-order valence-corrected chi connectivity index (χ2v) is 4.47. The topological polar surface area (TPSA) is 29.1 Å². The minimum Gasteiger partial charge on any atom is -0.321 e. The molecule has 0 radical (unpaired) electrons. The second kappa shape index (κ2) is 5.55. The van der Waals surface area contributed by atoms with Crippen molar-refractivity contribution >= 4 is 34.8 Å². The fourth-order valence-electron chi connectivity index (χ4n) is 1.43. The zero-order valence-corrected chi connectivity index (χ0v) is 10.9. The molecule has 0 unspecified atom stereocenters. The maximum Gasteiger partial charge on any atom is 0.255 e. The van der Waals surface area contributed by atoms with E-state index in [2.05, 4.69) is 5.32 Å². The van der Waals surface area contributed by atoms with Crippen LogP contribution in [0, 0.1) is 11.6 Å². The lowest BCUT2D eigenvalue weighted by molar-refractivity contribution is 0.102. The Balaban J connectivity index is 2.26. The highest BCUT2D eigenvalue weighted by molar-refractivity contribution is 6.44. The van der Waals surface area contributed by atoms with E-state index in [9.17, 15) is 13.6 Å². The number of rotatable bonds is 2. The van der Waals surface area contributed by atoms with E-state index in [1.807, 2.05) is 0 Å². The van der Waals surface area contributed by atoms with Crippen LogP contribution >= 0.6 is 23.2 Å². The van der Waals surface area contributed by atoms with Crippen molar-refractivity contribution in [3.63, 3.8) is 0 Å². The molecule has 0 saturated heterocycles. The summed E-state index contributed by atoms with van der Waals surface area (Å²) in [5, 5.41) is 2.93. The number of anilines is 1. The Labute approximate surface area is 118 Å². The summed E-state index contributed by atoms with van der Waals surface area (Å²) in [4.78, 5) is 11.8. The Bertz CT molecular complexity index is 647. The van der Waals surface area contributed by atoms with Crippen LogP contribution in [0.5, 0.6) is 0 Å². The van der Waals surface area contributed by atoms with Crippen LogP contribution in [0.4, 0.5) is 14.5 Å². The van der Waals surface area contributed by atoms with Gasteiger partial charge < -0.3 is 5.32 Å². The van der Waals surface area contributed by atoms with Gasteiger partial charge in [0.15, 0.2) is 11.6 Å². The number of hydrogen-bond donors (Lipinski definition) is 1. The maximum absolute atomic E-state index is 13.0. The third-order valence-corrected chi connectivity index (χ3v) is 3.20. The lowest BCUT2D eigenvalue weighted by Gasteiger charge is -2.08. The molecule has 2 aromatic rings. The first-order chi connectivity index (χ1) is 8.99. The van der Waals surface area contributed by atoms with Gasteiger partial charge in [-0.05, 0) is 30.3 Å². The largest absolute Gasteiger partial charge is 0.321 e. The van der Waals surface area contributed by atoms with Crippen LogP contribution in [0.25, 0.3) is 0 Å². The van der Waals surface area contributed by atoms with Crippen LogP contribution in [0.2, 0.25) is 10.0 Å². The van der Waals surface area contributed by atoms with Gasteiger partial charge in [-0.1, -0.05) is 29.3 Å². The van der Waals surface area contributed by atoms with Crippen molar-refractivity contribution in [1.29, 1.82) is 0 Å². The van der Waals surface area contributed by atoms with E-state index in [1.54, 1.807) is 18.2 Å². The van der Waals surface area contributed by atoms with Crippen molar-refractivity contribution in [3.05, 3.63) is 63.6 Å². The van der Waals surface area contributed by atoms with Crippen molar-refractivity contribution in [2.45, 2.75) is 0 Å². The van der Waals surface area contributed by atoms with Crippen molar-refractivity contribution in [2.24, 2.45) is 0 Å². The van der Waals surface area contributed by atoms with E-state index in [-0.39, 0.29) is 15.6 Å². The van der Waals surface area contributed by atoms with Crippen LogP contribution in [0.3, 0.4) is 0 Å². The van der Waals surface area contributed by atoms with E-state index >= 15 is 0 Å². The maximum atomic E-state index is 13.0. The highest BCUT2D eigenvalue weighted by Gasteiger charge is 2.12. The zero-order chi connectivity index (χ0) is 14.0. The van der Waals surface area contributed by atoms with E-state index < -0.39 is 17.5 Å². The minimum absolute atomic E-state index is 0.0186. The summed E-state index contributed by atoms with van der Waals surface area (Å²) in [6.07, 6.45) is 0. The fraction of sp³-hybridized carbons (Fsp3) is 0. The number of amides is 1. The average molecular weight is 302 g/mol. The van der Waals surface area contributed by atoms with Crippen molar-refractivity contribution < 1.29 is 13.6 Å². The minimum atomic E-state index is -1.09. The molecule has 0 aliphatic heterocycles. The normalized spacial score (nSPS) is 10.3. The Morgan fingerprint density at radius 2 is 1.79 bits per heavy atom. The summed E-state index contributed by atoms with van der Waals surface area (Å²) >= 11 is 11.7. The Hall–Kier alpha value is -1.65. The van der Waals surface area contributed by atoms with Gasteiger partial charge in [0.25, 0.3) is 5.91 Å². The van der Waals surface area contributed by atoms with Crippen molar-refractivity contribution in [1.82, 2.24) is 0 Å². The summed E-state index contributed by atoms with van der Waals surface area (Å²) in [6.45, 7) is 0. The van der Waals surface area contributed by atoms with Crippen LogP contribution in [-0.2, 0) is 0 Å². The number of nitrogens with one attached hydrogen (secondary N) is 1. The molecule has 19 heavy (non-hydrogen) atoms. The van der Waals surface area contributed by atoms with E-state index in [1.165, 1.54) is 6.07 Å². The molecule has 6 heteroatoms. The zero-order valence-electron chi connectivity index (χ0n) is 9.38. The molecular formula is C13H7Cl2F2NO. The number of hydrogen-bond acceptors (Lipinski definition) is 1. The molecule has 0 aliphatic carbocycles. The van der Waals surface area contributed by atoms with Crippen LogP contribution in [0.15, 0.2) is 36.4 Å². The average Bonchev–Trinajstić information content (AvgIpc) is 2.38. The van der Waals surface area contributed by atoms with Gasteiger partial charge in [-0.25, -0.2) is 8.78 Å². The monoisotopic (exact) mass is 301 g/mol. The Kier molecular flexibility index (Phi) is 4.02. The summed E-state index contributed by atoms with van der Waals surface area (Å²) in [5.74, 6) is -2.72. The predicted molar refractivity (Wildman–Crippen MR) is 70.8 cm³/mol. The fourth-order valence-corrected chi connectivity index (χ4v) is 1.78. The Morgan fingerprint density at radius 1 is 1.05 bits per heavy atom. The molecule has 0 atom stereocenters. The summed E-state index contributed by atoms with van der Waals surface area (Å²) in [6, 6.07) is 7.58. The summed E-state index contributed by atoms with van der Waals surface area (Å²) in [7, 11) is 0. The summed E-state index contributed by atoms with van der Waals surface area (Å²) in [5.41, 5.74) is 0.277. The van der Waals surface area contributed by atoms with Crippen molar-refractivity contribution in [3.8, 4) is 0 Å². The van der Waals surface area contributed by atoms with Gasteiger partial charge in [0.1, 0.15) is 0 Å². The third kappa shape index (κ3) is 3.03. The first kappa shape index (κ1) is 13.8. The molecule has 0 bridgehead atoms. The highest BCUT2D eigenvalue weighted by atomic mass is 35.5. The van der Waals surface area contributed by atoms with Gasteiger partial charge in [0.2, 0.25) is 0 Å². The number of halogens is 4. The molecule has 0 aromatic heterocycles. The Morgan fingerprint density at radius 3 is 2.47 bits per heavy atom. The van der Waals surface area contributed by atoms with E-state index in [4.69, 9.17) is 23.2 Å². The number of benzene rings is 2. The predicted octanol–water partition coefficient (Wildman–Crippen LogP) is 4.52. The molecule has 0 aliphatic rings. The molecule has 1 amide bonds. The molecule has 0 heterocycles. The van der Waals surface area contributed by atoms with Crippen molar-refractivity contribution in [2.75, 3.05) is 5.32 Å². The van der Waals surface area contributed by atoms with Crippen LogP contribution < -0.4 is 5.32 Å². The van der Waals surface area contributed by atoms with Crippen LogP contribution in [-0.4, -0.2) is 5.91 Å². The smallest absolute Gasteiger partial charge is 0.255 e. The second-order valence-electron chi connectivity index (χ2n) is 3.68. The molecule has 0 spiro atoms. The quantitative estimate of drug-likeness (QED) is 0.868. The molecule has 98 valence electrons. The molecule has 2 nitrogen and oxygen atoms in total. The van der Waals surface area contributed by atoms with Gasteiger partial charge in [0, 0.05) is 5.56 Å². The molecule has 2 rings (SSSR count). The van der Waals surface area contributed by atoms with Gasteiger partial charge in [-0.3, -0.25) is 4.79 Å². The summed E-state index contributed by atoms with van der Waals surface area (Å²) < 4.78 is 25.8. The lowest BCUT2D eigenvalue weighted by atomic mass is 10.2. The number of carbonyl (C=O) groups excluding carboxylic acids is 1. The lowest BCUT2D eigenvalue weighted by Crippen LogP contribution is -2.12. The molecule has 2 aromatic carbocycles. The first-order valence-electron chi connectivity index (χ1n) is 5.19. The first-order valence-corrected chi connectivity index (χ1v) is 5.95. The molecule has 0 saturated carbocycles. The standard InChI is InChI=1S/C13H7Cl2F2NO/c14-8-2-1-3-11(12(8)15)18-13(19)7-4-5-9(16)10(17)6-7/h1-6H,(H,18,19). The van der Waals surface area contributed by atoms with Gasteiger partial charge in [0.05, 0.1) is 15.7 Å². The van der Waals surface area contributed by atoms with Gasteiger partial charge in [-0.15, -0.1) is 0 Å². The third-order valence-electron chi connectivity index (χ3n) is 2.38. The molecular weight excluding hydrogens is 295 g/mol. The van der Waals surface area contributed by atoms with E-state index in [0.29, 0.717) is 5.69 Å². The molecule has 0 fully saturated rings.